The van der Waals surface area contributed by atoms with E-state index in [1.807, 2.05) is 60.7 Å². The number of aliphatic imine (C=N–C) groups is 3. The summed E-state index contributed by atoms with van der Waals surface area (Å²) in [6.45, 7) is 4.46. The summed E-state index contributed by atoms with van der Waals surface area (Å²) in [6, 6.07) is 60.2. The second-order valence-corrected chi connectivity index (χ2v) is 12.1. The highest BCUT2D eigenvalue weighted by Gasteiger charge is 2.19. The number of hydrogen-bond acceptors (Lipinski definition) is 2. The molecule has 4 nitrogen and oxygen atoms in total. The van der Waals surface area contributed by atoms with Crippen molar-refractivity contribution in [3.05, 3.63) is 193 Å². The van der Waals surface area contributed by atoms with Gasteiger partial charge < -0.3 is 4.42 Å². The van der Waals surface area contributed by atoms with Crippen LogP contribution in [0.1, 0.15) is 16.7 Å². The topological polar surface area (TPSA) is 50.2 Å². The van der Waals surface area contributed by atoms with Crippen LogP contribution in [0.3, 0.4) is 0 Å². The fourth-order valence-corrected chi connectivity index (χ4v) is 6.38. The molecule has 7 aromatic carbocycles. The highest BCUT2D eigenvalue weighted by Crippen LogP contribution is 2.39. The molecule has 0 radical (unpaired) electrons. The van der Waals surface area contributed by atoms with E-state index in [-0.39, 0.29) is 0 Å². The van der Waals surface area contributed by atoms with Crippen molar-refractivity contribution in [1.29, 1.82) is 0 Å². The number of benzene rings is 7. The van der Waals surface area contributed by atoms with Gasteiger partial charge in [0.05, 0.1) is 6.54 Å². The highest BCUT2D eigenvalue weighted by atomic mass is 16.3. The highest BCUT2D eigenvalue weighted by molar-refractivity contribution is 6.23. The van der Waals surface area contributed by atoms with Crippen molar-refractivity contribution in [1.82, 2.24) is 0 Å². The van der Waals surface area contributed by atoms with Crippen LogP contribution in [-0.2, 0) is 6.54 Å². The Hall–Kier alpha value is -6.65. The lowest BCUT2D eigenvalue weighted by molar-refractivity contribution is 0.670. The molecule has 0 atom stereocenters. The van der Waals surface area contributed by atoms with Crippen LogP contribution in [0, 0.1) is 0 Å². The minimum atomic E-state index is 0.478. The standard InChI is InChI=1S/C46H33N3O/c1-47-46(49-45(48-31-32-13-5-2-6-14-32)38-27-23-36(24-28-38)34-17-9-4-10-18-34)41-30-29-39(44-43(41)40-19-11-12-20-42(40)50-44)37-25-21-35(22-26-37)33-15-7-3-8-16-33/h2-30H,1,31H2. The molecule has 0 saturated carbocycles. The Morgan fingerprint density at radius 3 is 1.68 bits per heavy atom. The van der Waals surface area contributed by atoms with Crippen molar-refractivity contribution in [3.63, 3.8) is 0 Å². The van der Waals surface area contributed by atoms with Crippen molar-refractivity contribution >= 4 is 40.3 Å². The normalized spacial score (nSPS) is 12.0. The number of nitrogens with zero attached hydrogens (tertiary/aromatic N) is 3. The smallest absolute Gasteiger partial charge is 0.161 e. The fraction of sp³-hybridized carbons (Fsp3) is 0.0217. The van der Waals surface area contributed by atoms with Crippen molar-refractivity contribution in [2.24, 2.45) is 15.0 Å². The van der Waals surface area contributed by atoms with Gasteiger partial charge >= 0.3 is 0 Å². The van der Waals surface area contributed by atoms with E-state index in [0.717, 1.165) is 66.4 Å². The number of furan rings is 1. The molecule has 0 aliphatic heterocycles. The molecule has 0 unspecified atom stereocenters. The minimum Gasteiger partial charge on any atom is -0.455 e. The largest absolute Gasteiger partial charge is 0.455 e. The maximum absolute atomic E-state index is 6.59. The van der Waals surface area contributed by atoms with E-state index in [9.17, 15) is 0 Å². The van der Waals surface area contributed by atoms with Crippen molar-refractivity contribution in [2.75, 3.05) is 0 Å². The molecule has 0 saturated heterocycles. The third-order valence-corrected chi connectivity index (χ3v) is 8.94. The average Bonchev–Trinajstić information content (AvgIpc) is 3.59. The van der Waals surface area contributed by atoms with E-state index in [1.54, 1.807) is 0 Å². The minimum absolute atomic E-state index is 0.478. The van der Waals surface area contributed by atoms with Crippen molar-refractivity contribution in [3.8, 4) is 33.4 Å². The summed E-state index contributed by atoms with van der Waals surface area (Å²) in [4.78, 5) is 14.7. The maximum Gasteiger partial charge on any atom is 0.161 e. The van der Waals surface area contributed by atoms with E-state index < -0.39 is 0 Å². The van der Waals surface area contributed by atoms with E-state index >= 15 is 0 Å². The van der Waals surface area contributed by atoms with E-state index in [0.29, 0.717) is 18.2 Å². The Balaban J connectivity index is 1.24. The van der Waals surface area contributed by atoms with Crippen LogP contribution in [0.2, 0.25) is 0 Å². The molecular weight excluding hydrogens is 611 g/mol. The zero-order valence-electron chi connectivity index (χ0n) is 27.4. The van der Waals surface area contributed by atoms with Crippen LogP contribution in [-0.4, -0.2) is 18.4 Å². The Morgan fingerprint density at radius 2 is 1.04 bits per heavy atom. The lowest BCUT2D eigenvalue weighted by Crippen LogP contribution is -2.06. The van der Waals surface area contributed by atoms with Crippen molar-refractivity contribution < 1.29 is 4.42 Å². The molecule has 8 aromatic rings. The van der Waals surface area contributed by atoms with Crippen LogP contribution < -0.4 is 0 Å². The molecule has 0 fully saturated rings. The van der Waals surface area contributed by atoms with Gasteiger partial charge in [-0.05, 0) is 58.3 Å². The summed E-state index contributed by atoms with van der Waals surface area (Å²) in [5, 5.41) is 1.94. The number of para-hydroxylation sites is 1. The lowest BCUT2D eigenvalue weighted by atomic mass is 9.96. The first kappa shape index (κ1) is 30.7. The van der Waals surface area contributed by atoms with Crippen LogP contribution in [0.4, 0.5) is 0 Å². The molecule has 0 spiro atoms. The SMILES string of the molecule is C=NC(=NC(=NCc1ccccc1)c1ccc(-c2ccccc2)cc1)c1ccc(-c2ccc(-c3ccccc3)cc2)c2oc3ccccc3c12. The molecule has 8 rings (SSSR count). The Bertz CT molecular complexity index is 2480. The number of rotatable bonds is 7. The summed E-state index contributed by atoms with van der Waals surface area (Å²) in [5.74, 6) is 1.06. The molecule has 0 aliphatic carbocycles. The molecule has 0 N–H and O–H groups in total. The van der Waals surface area contributed by atoms with E-state index in [1.165, 1.54) is 5.56 Å². The van der Waals surface area contributed by atoms with Gasteiger partial charge in [-0.1, -0.05) is 158 Å². The lowest BCUT2D eigenvalue weighted by Gasteiger charge is -2.10. The Kier molecular flexibility index (Phi) is 8.49. The predicted octanol–water partition coefficient (Wildman–Crippen LogP) is 11.7. The summed E-state index contributed by atoms with van der Waals surface area (Å²) in [5.41, 5.74) is 11.1. The number of fused-ring (bicyclic) bond motifs is 3. The second kappa shape index (κ2) is 13.8. The summed E-state index contributed by atoms with van der Waals surface area (Å²) >= 11 is 0. The molecular formula is C46H33N3O. The Labute approximate surface area is 291 Å². The summed E-state index contributed by atoms with van der Waals surface area (Å²) in [6.07, 6.45) is 0. The predicted molar refractivity (Wildman–Crippen MR) is 209 cm³/mol. The van der Waals surface area contributed by atoms with Crippen LogP contribution in [0.15, 0.2) is 195 Å². The van der Waals surface area contributed by atoms with Gasteiger partial charge in [0.15, 0.2) is 11.7 Å². The van der Waals surface area contributed by atoms with Gasteiger partial charge in [-0.3, -0.25) is 4.99 Å². The van der Waals surface area contributed by atoms with Gasteiger partial charge in [0.1, 0.15) is 11.2 Å². The third kappa shape index (κ3) is 6.18. The van der Waals surface area contributed by atoms with Crippen LogP contribution in [0.5, 0.6) is 0 Å². The molecule has 50 heavy (non-hydrogen) atoms. The zero-order chi connectivity index (χ0) is 33.7. The van der Waals surface area contributed by atoms with E-state index in [2.05, 4.69) is 127 Å². The molecule has 238 valence electrons. The van der Waals surface area contributed by atoms with Gasteiger partial charge in [0, 0.05) is 27.5 Å². The molecule has 0 bridgehead atoms. The quantitative estimate of drug-likeness (QED) is 0.126. The maximum atomic E-state index is 6.59. The molecule has 4 heteroatoms. The molecule has 1 aromatic heterocycles. The molecule has 1 heterocycles. The average molecular weight is 644 g/mol. The van der Waals surface area contributed by atoms with Gasteiger partial charge in [0.2, 0.25) is 0 Å². The van der Waals surface area contributed by atoms with Gasteiger partial charge in [-0.25, -0.2) is 9.98 Å². The van der Waals surface area contributed by atoms with E-state index in [4.69, 9.17) is 14.4 Å². The van der Waals surface area contributed by atoms with Gasteiger partial charge in [-0.15, -0.1) is 0 Å². The summed E-state index contributed by atoms with van der Waals surface area (Å²) in [7, 11) is 0. The third-order valence-electron chi connectivity index (χ3n) is 8.94. The van der Waals surface area contributed by atoms with Gasteiger partial charge in [0.25, 0.3) is 0 Å². The zero-order valence-corrected chi connectivity index (χ0v) is 27.4. The van der Waals surface area contributed by atoms with Crippen molar-refractivity contribution in [2.45, 2.75) is 6.54 Å². The second-order valence-electron chi connectivity index (χ2n) is 12.1. The first-order chi connectivity index (χ1) is 24.7. The number of hydrogen-bond donors (Lipinski definition) is 0. The Morgan fingerprint density at radius 1 is 0.500 bits per heavy atom. The monoisotopic (exact) mass is 643 g/mol. The fourth-order valence-electron chi connectivity index (χ4n) is 6.38. The first-order valence-electron chi connectivity index (χ1n) is 16.7. The van der Waals surface area contributed by atoms with Crippen LogP contribution >= 0.6 is 0 Å². The van der Waals surface area contributed by atoms with Crippen LogP contribution in [0.25, 0.3) is 55.3 Å². The first-order valence-corrected chi connectivity index (χ1v) is 16.7. The molecule has 0 aliphatic rings. The van der Waals surface area contributed by atoms with Gasteiger partial charge in [-0.2, -0.15) is 0 Å². The summed E-state index contributed by atoms with van der Waals surface area (Å²) < 4.78 is 6.59. The molecule has 0 amide bonds. The number of amidine groups is 2.